The highest BCUT2D eigenvalue weighted by Gasteiger charge is 2.51. The zero-order chi connectivity index (χ0) is 17.5. The predicted molar refractivity (Wildman–Crippen MR) is 91.5 cm³/mol. The van der Waals surface area contributed by atoms with Crippen LogP contribution in [0.4, 0.5) is 10.1 Å². The highest BCUT2D eigenvalue weighted by Crippen LogP contribution is 2.36. The lowest BCUT2D eigenvalue weighted by atomic mass is 9.78. The van der Waals surface area contributed by atoms with Gasteiger partial charge in [-0.2, -0.15) is 5.26 Å². The number of benzene rings is 1. The lowest BCUT2D eigenvalue weighted by molar-refractivity contribution is 0.00578. The molecule has 0 amide bonds. The van der Waals surface area contributed by atoms with Crippen LogP contribution in [0.2, 0.25) is 0 Å². The van der Waals surface area contributed by atoms with Crippen LogP contribution in [0.1, 0.15) is 27.7 Å². The molecule has 2 aliphatic heterocycles. The molecule has 2 aliphatic rings. The second-order valence-corrected chi connectivity index (χ2v) is 7.41. The Morgan fingerprint density at radius 1 is 1.04 bits per heavy atom. The SMILES string of the molecule is CC1(C)OB(c2cc(F)cc(N3CCN(C#N)CC3)c2)OC1(C)C. The van der Waals surface area contributed by atoms with Gasteiger partial charge in [0.05, 0.1) is 11.2 Å². The first-order valence-electron chi connectivity index (χ1n) is 8.28. The third kappa shape index (κ3) is 3.08. The number of hydrogen-bond donors (Lipinski definition) is 0. The van der Waals surface area contributed by atoms with Crippen LogP contribution in [0.3, 0.4) is 0 Å². The summed E-state index contributed by atoms with van der Waals surface area (Å²) in [6.45, 7) is 10.6. The highest BCUT2D eigenvalue weighted by atomic mass is 19.1. The molecule has 0 unspecified atom stereocenters. The van der Waals surface area contributed by atoms with Gasteiger partial charge in [-0.1, -0.05) is 0 Å². The lowest BCUT2D eigenvalue weighted by Gasteiger charge is -2.33. The van der Waals surface area contributed by atoms with Crippen LogP contribution >= 0.6 is 0 Å². The molecule has 2 heterocycles. The monoisotopic (exact) mass is 331 g/mol. The molecule has 1 aromatic rings. The number of piperazine rings is 1. The normalized spacial score (nSPS) is 22.6. The van der Waals surface area contributed by atoms with Crippen LogP contribution < -0.4 is 10.4 Å². The molecule has 0 atom stereocenters. The van der Waals surface area contributed by atoms with E-state index in [1.54, 1.807) is 4.90 Å². The molecule has 128 valence electrons. The Labute approximate surface area is 143 Å². The first-order chi connectivity index (χ1) is 11.2. The minimum Gasteiger partial charge on any atom is -0.399 e. The number of nitrogens with zero attached hydrogens (tertiary/aromatic N) is 3. The van der Waals surface area contributed by atoms with Crippen LogP contribution in [0, 0.1) is 17.3 Å². The predicted octanol–water partition coefficient (Wildman–Crippen LogP) is 1.73. The molecule has 3 rings (SSSR count). The van der Waals surface area contributed by atoms with Gasteiger partial charge in [-0.3, -0.25) is 0 Å². The first kappa shape index (κ1) is 17.1. The molecule has 2 fully saturated rings. The summed E-state index contributed by atoms with van der Waals surface area (Å²) in [7, 11) is -0.579. The molecular weight excluding hydrogens is 308 g/mol. The molecule has 0 N–H and O–H groups in total. The van der Waals surface area contributed by atoms with Gasteiger partial charge >= 0.3 is 7.12 Å². The molecule has 0 saturated carbocycles. The maximum atomic E-state index is 14.2. The van der Waals surface area contributed by atoms with Gasteiger partial charge in [-0.05, 0) is 51.4 Å². The zero-order valence-electron chi connectivity index (χ0n) is 14.7. The van der Waals surface area contributed by atoms with Gasteiger partial charge in [-0.15, -0.1) is 0 Å². The quantitative estimate of drug-likeness (QED) is 0.610. The maximum absolute atomic E-state index is 14.2. The number of halogens is 1. The molecular formula is C17H23BFN3O2. The van der Waals surface area contributed by atoms with Crippen molar-refractivity contribution < 1.29 is 13.7 Å². The minimum atomic E-state index is -0.579. The summed E-state index contributed by atoms with van der Waals surface area (Å²) in [5.74, 6) is -0.306. The van der Waals surface area contributed by atoms with Gasteiger partial charge in [0.2, 0.25) is 0 Å². The smallest absolute Gasteiger partial charge is 0.399 e. The summed E-state index contributed by atoms with van der Waals surface area (Å²) in [5.41, 5.74) is 0.578. The van der Waals surface area contributed by atoms with E-state index in [1.165, 1.54) is 12.1 Å². The fourth-order valence-electron chi connectivity index (χ4n) is 2.96. The van der Waals surface area contributed by atoms with Crippen LogP contribution in [0.25, 0.3) is 0 Å². The van der Waals surface area contributed by atoms with Crippen molar-refractivity contribution in [3.63, 3.8) is 0 Å². The molecule has 0 spiro atoms. The van der Waals surface area contributed by atoms with Gasteiger partial charge in [-0.25, -0.2) is 4.39 Å². The van der Waals surface area contributed by atoms with Crippen LogP contribution in [0.5, 0.6) is 0 Å². The number of nitriles is 1. The van der Waals surface area contributed by atoms with Crippen molar-refractivity contribution >= 4 is 18.3 Å². The highest BCUT2D eigenvalue weighted by molar-refractivity contribution is 6.62. The number of rotatable bonds is 2. The Bertz CT molecular complexity index is 650. The fraction of sp³-hybridized carbons (Fsp3) is 0.588. The standard InChI is InChI=1S/C17H23BFN3O2/c1-16(2)17(3,4)24-18(23-16)13-9-14(19)11-15(10-13)22-7-5-21(12-20)6-8-22/h9-11H,5-8H2,1-4H3. The average molecular weight is 331 g/mol. The average Bonchev–Trinajstić information content (AvgIpc) is 2.75. The summed E-state index contributed by atoms with van der Waals surface area (Å²) >= 11 is 0. The van der Waals surface area contributed by atoms with E-state index in [0.717, 1.165) is 5.69 Å². The van der Waals surface area contributed by atoms with Crippen molar-refractivity contribution in [2.75, 3.05) is 31.1 Å². The van der Waals surface area contributed by atoms with E-state index < -0.39 is 18.3 Å². The molecule has 24 heavy (non-hydrogen) atoms. The topological polar surface area (TPSA) is 48.7 Å². The van der Waals surface area contributed by atoms with Crippen molar-refractivity contribution in [2.24, 2.45) is 0 Å². The van der Waals surface area contributed by atoms with E-state index in [-0.39, 0.29) is 5.82 Å². The molecule has 2 saturated heterocycles. The summed E-state index contributed by atoms with van der Waals surface area (Å²) < 4.78 is 26.2. The molecule has 0 bridgehead atoms. The fourth-order valence-corrected chi connectivity index (χ4v) is 2.96. The summed E-state index contributed by atoms with van der Waals surface area (Å²) in [6.07, 6.45) is 2.15. The van der Waals surface area contributed by atoms with Crippen LogP contribution in [-0.2, 0) is 9.31 Å². The number of anilines is 1. The second kappa shape index (κ2) is 5.94. The molecule has 5 nitrogen and oxygen atoms in total. The van der Waals surface area contributed by atoms with Crippen molar-refractivity contribution in [3.8, 4) is 6.19 Å². The molecule has 1 aromatic carbocycles. The van der Waals surface area contributed by atoms with Gasteiger partial charge < -0.3 is 19.1 Å². The molecule has 0 aromatic heterocycles. The van der Waals surface area contributed by atoms with Gasteiger partial charge in [0.25, 0.3) is 0 Å². The van der Waals surface area contributed by atoms with E-state index in [2.05, 4.69) is 11.1 Å². The third-order valence-electron chi connectivity index (χ3n) is 5.22. The maximum Gasteiger partial charge on any atom is 0.495 e. The summed E-state index contributed by atoms with van der Waals surface area (Å²) in [6, 6.07) is 4.92. The molecule has 0 aliphatic carbocycles. The number of hydrogen-bond acceptors (Lipinski definition) is 5. The van der Waals surface area contributed by atoms with Crippen LogP contribution in [-0.4, -0.2) is 49.4 Å². The first-order valence-corrected chi connectivity index (χ1v) is 8.28. The Hall–Kier alpha value is -1.78. The Morgan fingerprint density at radius 3 is 2.17 bits per heavy atom. The minimum absolute atomic E-state index is 0.306. The Morgan fingerprint density at radius 2 is 1.62 bits per heavy atom. The van der Waals surface area contributed by atoms with Crippen molar-refractivity contribution in [1.29, 1.82) is 5.26 Å². The summed E-state index contributed by atoms with van der Waals surface area (Å²) in [5, 5.41) is 8.94. The van der Waals surface area contributed by atoms with Crippen molar-refractivity contribution in [1.82, 2.24) is 4.90 Å². The third-order valence-corrected chi connectivity index (χ3v) is 5.22. The summed E-state index contributed by atoms with van der Waals surface area (Å²) in [4.78, 5) is 3.80. The zero-order valence-corrected chi connectivity index (χ0v) is 14.7. The molecule has 7 heteroatoms. The largest absolute Gasteiger partial charge is 0.495 e. The van der Waals surface area contributed by atoms with Crippen molar-refractivity contribution in [3.05, 3.63) is 24.0 Å². The van der Waals surface area contributed by atoms with E-state index in [9.17, 15) is 4.39 Å². The van der Waals surface area contributed by atoms with E-state index in [4.69, 9.17) is 14.6 Å². The van der Waals surface area contributed by atoms with Gasteiger partial charge in [0, 0.05) is 31.9 Å². The van der Waals surface area contributed by atoms with Gasteiger partial charge in [0.15, 0.2) is 6.19 Å². The Balaban J connectivity index is 1.82. The van der Waals surface area contributed by atoms with Crippen molar-refractivity contribution in [2.45, 2.75) is 38.9 Å². The van der Waals surface area contributed by atoms with E-state index >= 15 is 0 Å². The Kier molecular flexibility index (Phi) is 4.22. The van der Waals surface area contributed by atoms with E-state index in [1.807, 2.05) is 33.8 Å². The molecule has 0 radical (unpaired) electrons. The van der Waals surface area contributed by atoms with Gasteiger partial charge in [0.1, 0.15) is 5.82 Å². The second-order valence-electron chi connectivity index (χ2n) is 7.41. The van der Waals surface area contributed by atoms with Crippen LogP contribution in [0.15, 0.2) is 18.2 Å². The van der Waals surface area contributed by atoms with E-state index in [0.29, 0.717) is 31.6 Å². The lowest BCUT2D eigenvalue weighted by Crippen LogP contribution is -2.45.